The third-order valence-electron chi connectivity index (χ3n) is 5.96. The van der Waals surface area contributed by atoms with E-state index < -0.39 is 16.0 Å². The number of carbonyl (C=O) groups is 1. The highest BCUT2D eigenvalue weighted by Crippen LogP contribution is 2.28. The number of nitrogens with zero attached hydrogens (tertiary/aromatic N) is 4. The lowest BCUT2D eigenvalue weighted by atomic mass is 10.1. The Morgan fingerprint density at radius 2 is 1.86 bits per heavy atom. The van der Waals surface area contributed by atoms with Crippen LogP contribution in [-0.2, 0) is 10.0 Å². The van der Waals surface area contributed by atoms with Crippen molar-refractivity contribution in [3.8, 4) is 11.8 Å². The van der Waals surface area contributed by atoms with E-state index in [0.29, 0.717) is 55.1 Å². The van der Waals surface area contributed by atoms with Crippen LogP contribution in [0.3, 0.4) is 0 Å². The van der Waals surface area contributed by atoms with Gasteiger partial charge in [0.05, 0.1) is 28.7 Å². The Bertz CT molecular complexity index is 1390. The maximum Gasteiger partial charge on any atom is 0.336 e. The molecule has 0 amide bonds. The number of ether oxygens (including phenoxy) is 1. The summed E-state index contributed by atoms with van der Waals surface area (Å²) in [5.41, 5.74) is 0.740. The van der Waals surface area contributed by atoms with Crippen molar-refractivity contribution >= 4 is 38.4 Å². The molecule has 1 aromatic heterocycles. The van der Waals surface area contributed by atoms with E-state index in [2.05, 4.69) is 20.7 Å². The van der Waals surface area contributed by atoms with E-state index in [4.69, 9.17) is 10.00 Å². The van der Waals surface area contributed by atoms with Crippen LogP contribution < -0.4 is 14.4 Å². The van der Waals surface area contributed by atoms with Crippen molar-refractivity contribution < 1.29 is 23.1 Å². The van der Waals surface area contributed by atoms with E-state index in [1.807, 2.05) is 11.8 Å². The predicted octanol–water partition coefficient (Wildman–Crippen LogP) is 3.17. The summed E-state index contributed by atoms with van der Waals surface area (Å²) in [6.45, 7) is 5.89. The minimum Gasteiger partial charge on any atom is -0.494 e. The summed E-state index contributed by atoms with van der Waals surface area (Å²) in [7, 11) is -3.89. The fourth-order valence-electron chi connectivity index (χ4n) is 4.12. The Balaban J connectivity index is 1.58. The summed E-state index contributed by atoms with van der Waals surface area (Å²) in [6.07, 6.45) is 0.474. The average molecular weight is 510 g/mol. The number of nitriles is 1. The van der Waals surface area contributed by atoms with Crippen molar-refractivity contribution in [2.45, 2.75) is 18.2 Å². The van der Waals surface area contributed by atoms with Crippen molar-refractivity contribution in [2.24, 2.45) is 0 Å². The number of sulfonamides is 1. The minimum absolute atomic E-state index is 0.0454. The van der Waals surface area contributed by atoms with Crippen LogP contribution in [0.5, 0.6) is 5.75 Å². The molecule has 2 heterocycles. The number of hydrogen-bond donors (Lipinski definition) is 2. The lowest BCUT2D eigenvalue weighted by Crippen LogP contribution is -2.46. The number of nitrogens with one attached hydrogen (secondary N) is 1. The van der Waals surface area contributed by atoms with Gasteiger partial charge in [0.1, 0.15) is 11.6 Å². The zero-order valence-corrected chi connectivity index (χ0v) is 20.7. The molecule has 1 aliphatic rings. The lowest BCUT2D eigenvalue weighted by molar-refractivity contribution is 0.0699. The van der Waals surface area contributed by atoms with Crippen molar-refractivity contribution in [3.63, 3.8) is 0 Å². The number of anilines is 2. The number of aromatic carboxylic acids is 1. The van der Waals surface area contributed by atoms with Crippen LogP contribution in [0.2, 0.25) is 0 Å². The normalized spacial score (nSPS) is 14.4. The molecule has 11 heteroatoms. The second kappa shape index (κ2) is 10.8. The van der Waals surface area contributed by atoms with E-state index >= 15 is 0 Å². The first kappa shape index (κ1) is 25.2. The summed E-state index contributed by atoms with van der Waals surface area (Å²) >= 11 is 0. The highest BCUT2D eigenvalue weighted by Gasteiger charge is 2.21. The molecule has 0 saturated carbocycles. The van der Waals surface area contributed by atoms with Crippen LogP contribution in [0.15, 0.2) is 53.4 Å². The second-order valence-electron chi connectivity index (χ2n) is 8.31. The number of benzene rings is 2. The second-order valence-corrected chi connectivity index (χ2v) is 9.99. The van der Waals surface area contributed by atoms with Crippen LogP contribution in [0.1, 0.15) is 23.7 Å². The van der Waals surface area contributed by atoms with Crippen LogP contribution in [-0.4, -0.2) is 68.7 Å². The molecule has 1 fully saturated rings. The van der Waals surface area contributed by atoms with Crippen molar-refractivity contribution in [1.82, 2.24) is 9.88 Å². The highest BCUT2D eigenvalue weighted by molar-refractivity contribution is 7.92. The number of aromatic nitrogens is 1. The minimum atomic E-state index is -3.89. The number of pyridine rings is 1. The molecule has 3 aromatic rings. The molecule has 188 valence electrons. The third kappa shape index (κ3) is 5.67. The zero-order valence-electron chi connectivity index (χ0n) is 19.8. The number of rotatable bonds is 9. The topological polar surface area (TPSA) is 136 Å². The Labute approximate surface area is 209 Å². The van der Waals surface area contributed by atoms with Crippen molar-refractivity contribution in [3.05, 3.63) is 54.1 Å². The molecular formula is C25H27N5O5S. The lowest BCUT2D eigenvalue weighted by Gasteiger charge is -2.35. The van der Waals surface area contributed by atoms with Gasteiger partial charge in [-0.1, -0.05) is 0 Å². The summed E-state index contributed by atoms with van der Waals surface area (Å²) in [4.78, 5) is 21.0. The van der Waals surface area contributed by atoms with Crippen LogP contribution in [0.25, 0.3) is 10.9 Å². The quantitative estimate of drug-likeness (QED) is 0.446. The molecule has 2 N–H and O–H groups in total. The number of fused-ring (bicyclic) bond motifs is 1. The molecule has 0 aliphatic carbocycles. The molecule has 10 nitrogen and oxygen atoms in total. The van der Waals surface area contributed by atoms with Gasteiger partial charge in [0.2, 0.25) is 0 Å². The number of carboxylic acids is 1. The number of carboxylic acid groups (broad SMARTS) is 1. The van der Waals surface area contributed by atoms with E-state index in [0.717, 1.165) is 13.1 Å². The Morgan fingerprint density at radius 1 is 1.14 bits per heavy atom. The number of hydrogen-bond acceptors (Lipinski definition) is 8. The summed E-state index contributed by atoms with van der Waals surface area (Å²) in [5, 5.41) is 19.0. The molecular weight excluding hydrogens is 482 g/mol. The summed E-state index contributed by atoms with van der Waals surface area (Å²) < 4.78 is 33.6. The highest BCUT2D eigenvalue weighted by atomic mass is 32.2. The first-order valence-electron chi connectivity index (χ1n) is 11.6. The van der Waals surface area contributed by atoms with E-state index in [1.165, 1.54) is 24.3 Å². The first-order chi connectivity index (χ1) is 17.3. The largest absolute Gasteiger partial charge is 0.494 e. The Hall–Kier alpha value is -3.88. The Kier molecular flexibility index (Phi) is 7.57. The van der Waals surface area contributed by atoms with Crippen molar-refractivity contribution in [2.75, 3.05) is 49.0 Å². The molecule has 0 unspecified atom stereocenters. The van der Waals surface area contributed by atoms with Gasteiger partial charge in [0.25, 0.3) is 10.0 Å². The average Bonchev–Trinajstić information content (AvgIpc) is 2.87. The molecule has 0 bridgehead atoms. The fraction of sp³-hybridized carbons (Fsp3) is 0.320. The molecule has 1 saturated heterocycles. The van der Waals surface area contributed by atoms with E-state index in [1.54, 1.807) is 24.3 Å². The zero-order chi connectivity index (χ0) is 25.7. The molecule has 1 aliphatic heterocycles. The maximum absolute atomic E-state index is 12.9. The van der Waals surface area contributed by atoms with Gasteiger partial charge in [-0.15, -0.1) is 0 Å². The van der Waals surface area contributed by atoms with Gasteiger partial charge in [0, 0.05) is 50.2 Å². The van der Waals surface area contributed by atoms with Gasteiger partial charge in [0.15, 0.2) is 0 Å². The molecule has 0 radical (unpaired) electrons. The van der Waals surface area contributed by atoms with Crippen molar-refractivity contribution in [1.29, 1.82) is 5.26 Å². The Morgan fingerprint density at radius 3 is 2.50 bits per heavy atom. The van der Waals surface area contributed by atoms with Gasteiger partial charge in [-0.3, -0.25) is 9.62 Å². The van der Waals surface area contributed by atoms with E-state index in [9.17, 15) is 18.3 Å². The van der Waals surface area contributed by atoms with Crippen LogP contribution >= 0.6 is 0 Å². The maximum atomic E-state index is 12.9. The molecule has 36 heavy (non-hydrogen) atoms. The van der Waals surface area contributed by atoms with E-state index in [-0.39, 0.29) is 16.1 Å². The molecule has 2 aromatic carbocycles. The summed E-state index contributed by atoms with van der Waals surface area (Å²) in [6, 6.07) is 14.4. The van der Waals surface area contributed by atoms with Gasteiger partial charge in [-0.05, 0) is 55.5 Å². The predicted molar refractivity (Wildman–Crippen MR) is 136 cm³/mol. The van der Waals surface area contributed by atoms with Gasteiger partial charge >= 0.3 is 5.97 Å². The standard InChI is InChI=1S/C25H27N5O5S/c1-2-35-19-5-7-20(8-6-19)36(33,34)28-18-4-9-23-21(16-18)22(25(31)32)17-24(27-23)30-14-12-29(13-15-30)11-3-10-26/h4-9,16-17,28H,2-3,11-15H2,1H3,(H,31,32). The smallest absolute Gasteiger partial charge is 0.336 e. The van der Waals surface area contributed by atoms with Gasteiger partial charge in [-0.2, -0.15) is 5.26 Å². The number of piperazine rings is 1. The molecule has 4 rings (SSSR count). The van der Waals surface area contributed by atoms with Crippen LogP contribution in [0.4, 0.5) is 11.5 Å². The van der Waals surface area contributed by atoms with Gasteiger partial charge < -0.3 is 14.7 Å². The fourth-order valence-corrected chi connectivity index (χ4v) is 5.17. The third-order valence-corrected chi connectivity index (χ3v) is 7.36. The molecule has 0 atom stereocenters. The van der Waals surface area contributed by atoms with Gasteiger partial charge in [-0.25, -0.2) is 18.2 Å². The monoisotopic (exact) mass is 509 g/mol. The molecule has 0 spiro atoms. The van der Waals surface area contributed by atoms with Crippen LogP contribution in [0, 0.1) is 11.3 Å². The first-order valence-corrected chi connectivity index (χ1v) is 13.1. The summed E-state index contributed by atoms with van der Waals surface area (Å²) in [5.74, 6) is 0.00379. The SMILES string of the molecule is CCOc1ccc(S(=O)(=O)Nc2ccc3nc(N4CCN(CCC#N)CC4)cc(C(=O)O)c3c2)cc1.